The summed E-state index contributed by atoms with van der Waals surface area (Å²) in [5.41, 5.74) is 3.33. The maximum Gasteiger partial charge on any atom is 0.223 e. The van der Waals surface area contributed by atoms with E-state index in [1.807, 2.05) is 19.2 Å². The van der Waals surface area contributed by atoms with Gasteiger partial charge in [-0.15, -0.1) is 0 Å². The number of imidazole rings is 1. The summed E-state index contributed by atoms with van der Waals surface area (Å²) < 4.78 is 2.08. The van der Waals surface area contributed by atoms with Gasteiger partial charge in [-0.1, -0.05) is 12.1 Å². The summed E-state index contributed by atoms with van der Waals surface area (Å²) in [6, 6.07) is 6.54. The lowest BCUT2D eigenvalue weighted by Gasteiger charge is -2.27. The highest BCUT2D eigenvalue weighted by atomic mass is 16.1. The molecule has 1 aliphatic heterocycles. The minimum Gasteiger partial charge on any atom is -0.349 e. The molecule has 1 amide bonds. The molecule has 5 nitrogen and oxygen atoms in total. The third kappa shape index (κ3) is 2.86. The molecular weight excluding hydrogens is 276 g/mol. The summed E-state index contributed by atoms with van der Waals surface area (Å²) >= 11 is 0. The van der Waals surface area contributed by atoms with Crippen molar-refractivity contribution < 1.29 is 4.79 Å². The highest BCUT2D eigenvalue weighted by Gasteiger charge is 2.24. The predicted octanol–water partition coefficient (Wildman–Crippen LogP) is 1.89. The highest BCUT2D eigenvalue weighted by molar-refractivity contribution is 5.80. The Hall–Kier alpha value is -1.88. The number of fused-ring (bicyclic) bond motifs is 1. The number of nitrogens with zero attached hydrogens (tertiary/aromatic N) is 2. The number of hydrogen-bond acceptors (Lipinski definition) is 3. The fourth-order valence-electron chi connectivity index (χ4n) is 3.35. The lowest BCUT2D eigenvalue weighted by atomic mass is 9.92. The van der Waals surface area contributed by atoms with Crippen LogP contribution in [0, 0.1) is 12.8 Å². The van der Waals surface area contributed by atoms with Gasteiger partial charge in [0.05, 0.1) is 17.6 Å². The van der Waals surface area contributed by atoms with Crippen molar-refractivity contribution in [1.82, 2.24) is 20.2 Å². The van der Waals surface area contributed by atoms with Crippen molar-refractivity contribution in [3.8, 4) is 0 Å². The van der Waals surface area contributed by atoms with Gasteiger partial charge in [0, 0.05) is 19.0 Å². The SMILES string of the molecule is Cc1cccc2nc(CNC(=O)[C@H]3CCN[C@@H](C)C3)n(C)c12. The largest absolute Gasteiger partial charge is 0.349 e. The Morgan fingerprint density at radius 2 is 2.32 bits per heavy atom. The fraction of sp³-hybridized carbons (Fsp3) is 0.529. The number of hydrogen-bond donors (Lipinski definition) is 2. The van der Waals surface area contributed by atoms with Gasteiger partial charge in [0.2, 0.25) is 5.91 Å². The quantitative estimate of drug-likeness (QED) is 0.910. The monoisotopic (exact) mass is 300 g/mol. The van der Waals surface area contributed by atoms with Crippen LogP contribution in [0.2, 0.25) is 0 Å². The van der Waals surface area contributed by atoms with Crippen LogP contribution in [-0.4, -0.2) is 28.0 Å². The van der Waals surface area contributed by atoms with Crippen LogP contribution in [0.25, 0.3) is 11.0 Å². The van der Waals surface area contributed by atoms with Gasteiger partial charge in [-0.25, -0.2) is 4.98 Å². The molecule has 2 heterocycles. The number of amides is 1. The zero-order chi connectivity index (χ0) is 15.7. The molecule has 1 aromatic heterocycles. The lowest BCUT2D eigenvalue weighted by molar-refractivity contribution is -0.126. The van der Waals surface area contributed by atoms with E-state index < -0.39 is 0 Å². The van der Waals surface area contributed by atoms with Crippen LogP contribution >= 0.6 is 0 Å². The van der Waals surface area contributed by atoms with Crippen molar-refractivity contribution in [1.29, 1.82) is 0 Å². The van der Waals surface area contributed by atoms with Crippen LogP contribution in [0.3, 0.4) is 0 Å². The number of piperidine rings is 1. The normalized spacial score (nSPS) is 22.0. The molecule has 118 valence electrons. The fourth-order valence-corrected chi connectivity index (χ4v) is 3.35. The van der Waals surface area contributed by atoms with E-state index in [2.05, 4.69) is 40.1 Å². The Kier molecular flexibility index (Phi) is 4.16. The lowest BCUT2D eigenvalue weighted by Crippen LogP contribution is -2.42. The molecule has 5 heteroatoms. The summed E-state index contributed by atoms with van der Waals surface area (Å²) in [6.45, 7) is 5.63. The number of benzene rings is 1. The van der Waals surface area contributed by atoms with Crippen molar-refractivity contribution in [3.63, 3.8) is 0 Å². The summed E-state index contributed by atoms with van der Waals surface area (Å²) in [7, 11) is 2.01. The molecule has 0 unspecified atom stereocenters. The number of aryl methyl sites for hydroxylation is 2. The Labute approximate surface area is 131 Å². The number of para-hydroxylation sites is 1. The maximum absolute atomic E-state index is 12.3. The molecule has 0 saturated carbocycles. The molecule has 2 atom stereocenters. The third-order valence-corrected chi connectivity index (χ3v) is 4.60. The van der Waals surface area contributed by atoms with Gasteiger partial charge in [0.15, 0.2) is 0 Å². The van der Waals surface area contributed by atoms with Crippen LogP contribution < -0.4 is 10.6 Å². The zero-order valence-electron chi connectivity index (χ0n) is 13.5. The van der Waals surface area contributed by atoms with Gasteiger partial charge < -0.3 is 15.2 Å². The number of rotatable bonds is 3. The molecule has 1 aromatic carbocycles. The van der Waals surface area contributed by atoms with Crippen molar-refractivity contribution in [3.05, 3.63) is 29.6 Å². The summed E-state index contributed by atoms with van der Waals surface area (Å²) in [5.74, 6) is 1.17. The van der Waals surface area contributed by atoms with Crippen LogP contribution in [0.4, 0.5) is 0 Å². The van der Waals surface area contributed by atoms with Gasteiger partial charge in [-0.3, -0.25) is 4.79 Å². The molecule has 3 rings (SSSR count). The summed E-state index contributed by atoms with van der Waals surface area (Å²) in [5, 5.41) is 6.44. The van der Waals surface area contributed by atoms with Crippen molar-refractivity contribution in [2.24, 2.45) is 13.0 Å². The number of aromatic nitrogens is 2. The van der Waals surface area contributed by atoms with Crippen molar-refractivity contribution in [2.75, 3.05) is 6.54 Å². The van der Waals surface area contributed by atoms with E-state index in [0.29, 0.717) is 12.6 Å². The summed E-state index contributed by atoms with van der Waals surface area (Å²) in [6.07, 6.45) is 1.82. The van der Waals surface area contributed by atoms with Gasteiger partial charge in [-0.2, -0.15) is 0 Å². The Morgan fingerprint density at radius 3 is 3.05 bits per heavy atom. The van der Waals surface area contributed by atoms with Gasteiger partial charge >= 0.3 is 0 Å². The van der Waals surface area contributed by atoms with Crippen LogP contribution in [0.5, 0.6) is 0 Å². The van der Waals surface area contributed by atoms with E-state index in [1.165, 1.54) is 5.56 Å². The van der Waals surface area contributed by atoms with E-state index in [-0.39, 0.29) is 11.8 Å². The third-order valence-electron chi connectivity index (χ3n) is 4.60. The first-order chi connectivity index (χ1) is 10.6. The highest BCUT2D eigenvalue weighted by Crippen LogP contribution is 2.19. The molecule has 1 saturated heterocycles. The average Bonchev–Trinajstić information content (AvgIpc) is 2.82. The molecule has 2 N–H and O–H groups in total. The predicted molar refractivity (Wildman–Crippen MR) is 87.5 cm³/mol. The van der Waals surface area contributed by atoms with Gasteiger partial charge in [0.1, 0.15) is 5.82 Å². The molecule has 2 aromatic rings. The van der Waals surface area contributed by atoms with Gasteiger partial charge in [0.25, 0.3) is 0 Å². The first kappa shape index (κ1) is 15.0. The molecule has 1 fully saturated rings. The van der Waals surface area contributed by atoms with Crippen LogP contribution in [-0.2, 0) is 18.4 Å². The number of carbonyl (C=O) groups excluding carboxylic acids is 1. The van der Waals surface area contributed by atoms with E-state index >= 15 is 0 Å². The van der Waals surface area contributed by atoms with Crippen molar-refractivity contribution in [2.45, 2.75) is 39.3 Å². The number of carbonyl (C=O) groups is 1. The van der Waals surface area contributed by atoms with E-state index in [1.54, 1.807) is 0 Å². The molecule has 0 spiro atoms. The molecule has 1 aliphatic rings. The summed E-state index contributed by atoms with van der Waals surface area (Å²) in [4.78, 5) is 17.0. The molecular formula is C17H24N4O. The molecule has 22 heavy (non-hydrogen) atoms. The van der Waals surface area contributed by atoms with Crippen LogP contribution in [0.1, 0.15) is 31.2 Å². The Bertz CT molecular complexity index is 691. The van der Waals surface area contributed by atoms with E-state index in [4.69, 9.17) is 0 Å². The standard InChI is InChI=1S/C17H24N4O/c1-11-5-4-6-14-16(11)21(3)15(20-14)10-19-17(22)13-7-8-18-12(2)9-13/h4-6,12-13,18H,7-10H2,1-3H3,(H,19,22)/t12-,13-/m0/s1. The van der Waals surface area contributed by atoms with E-state index in [0.717, 1.165) is 36.2 Å². The van der Waals surface area contributed by atoms with Crippen LogP contribution in [0.15, 0.2) is 18.2 Å². The van der Waals surface area contributed by atoms with E-state index in [9.17, 15) is 4.79 Å². The first-order valence-electron chi connectivity index (χ1n) is 7.98. The Balaban J connectivity index is 1.70. The topological polar surface area (TPSA) is 59.0 Å². The molecule has 0 radical (unpaired) electrons. The average molecular weight is 300 g/mol. The molecule has 0 bridgehead atoms. The zero-order valence-corrected chi connectivity index (χ0v) is 13.5. The first-order valence-corrected chi connectivity index (χ1v) is 7.98. The Morgan fingerprint density at radius 1 is 1.50 bits per heavy atom. The maximum atomic E-state index is 12.3. The van der Waals surface area contributed by atoms with Crippen molar-refractivity contribution >= 4 is 16.9 Å². The second-order valence-corrected chi connectivity index (χ2v) is 6.32. The second-order valence-electron chi connectivity index (χ2n) is 6.32. The van der Waals surface area contributed by atoms with Gasteiger partial charge in [-0.05, 0) is 44.9 Å². The number of nitrogens with one attached hydrogen (secondary N) is 2. The minimum absolute atomic E-state index is 0.118. The second kappa shape index (κ2) is 6.08. The molecule has 0 aliphatic carbocycles. The smallest absolute Gasteiger partial charge is 0.223 e. The minimum atomic E-state index is 0.118.